The van der Waals surface area contributed by atoms with Gasteiger partial charge in [0, 0.05) is 16.5 Å². The van der Waals surface area contributed by atoms with Crippen LogP contribution in [0.25, 0.3) is 11.1 Å². The topological polar surface area (TPSA) is 52.3 Å². The normalized spacial score (nSPS) is 10.5. The zero-order chi connectivity index (χ0) is 14.0. The van der Waals surface area contributed by atoms with Crippen LogP contribution in [-0.4, -0.2) is 12.6 Å². The molecule has 19 heavy (non-hydrogen) atoms. The molecule has 3 nitrogen and oxygen atoms in total. The van der Waals surface area contributed by atoms with E-state index >= 15 is 0 Å². The Morgan fingerprint density at radius 3 is 2.84 bits per heavy atom. The molecule has 6 heteroatoms. The van der Waals surface area contributed by atoms with E-state index in [1.54, 1.807) is 12.3 Å². The van der Waals surface area contributed by atoms with Gasteiger partial charge in [-0.2, -0.15) is 0 Å². The third-order valence-electron chi connectivity index (χ3n) is 2.52. The number of esters is 1. The number of ether oxygens (including phenoxy) is 1. The van der Waals surface area contributed by atoms with Crippen LogP contribution in [0.4, 0.5) is 9.39 Å². The van der Waals surface area contributed by atoms with E-state index in [4.69, 9.17) is 22.1 Å². The fourth-order valence-electron chi connectivity index (χ4n) is 1.69. The van der Waals surface area contributed by atoms with Crippen molar-refractivity contribution < 1.29 is 13.9 Å². The molecule has 0 radical (unpaired) electrons. The number of nitrogens with two attached hydrogens (primary N) is 1. The lowest BCUT2D eigenvalue weighted by Crippen LogP contribution is -2.07. The Balaban J connectivity index is 2.54. The number of thiophene rings is 1. The smallest absolute Gasteiger partial charge is 0.341 e. The van der Waals surface area contributed by atoms with Crippen LogP contribution in [0, 0.1) is 5.82 Å². The molecular formula is C13H11ClFNO2S. The zero-order valence-electron chi connectivity index (χ0n) is 10.1. The number of rotatable bonds is 3. The molecule has 0 fully saturated rings. The summed E-state index contributed by atoms with van der Waals surface area (Å²) in [5.74, 6) is -0.939. The fourth-order valence-corrected chi connectivity index (χ4v) is 2.76. The number of halogens is 2. The zero-order valence-corrected chi connectivity index (χ0v) is 11.6. The first-order valence-electron chi connectivity index (χ1n) is 5.54. The average Bonchev–Trinajstić information content (AvgIpc) is 2.71. The molecule has 0 saturated carbocycles. The molecule has 0 bridgehead atoms. The molecule has 0 saturated heterocycles. The lowest BCUT2D eigenvalue weighted by molar-refractivity contribution is 0.0529. The summed E-state index contributed by atoms with van der Waals surface area (Å²) in [7, 11) is 0. The number of carbonyl (C=O) groups is 1. The van der Waals surface area contributed by atoms with Crippen molar-refractivity contribution in [1.82, 2.24) is 0 Å². The van der Waals surface area contributed by atoms with E-state index in [2.05, 4.69) is 0 Å². The Labute approximate surface area is 118 Å². The monoisotopic (exact) mass is 299 g/mol. The average molecular weight is 300 g/mol. The predicted octanol–water partition coefficient (Wildman–Crippen LogP) is 3.97. The summed E-state index contributed by atoms with van der Waals surface area (Å²) in [5, 5.41) is 2.29. The minimum atomic E-state index is -0.503. The highest BCUT2D eigenvalue weighted by atomic mass is 35.5. The second-order valence-electron chi connectivity index (χ2n) is 3.73. The van der Waals surface area contributed by atoms with Crippen molar-refractivity contribution in [1.29, 1.82) is 0 Å². The van der Waals surface area contributed by atoms with Gasteiger partial charge >= 0.3 is 5.97 Å². The van der Waals surface area contributed by atoms with Gasteiger partial charge in [0.25, 0.3) is 0 Å². The van der Waals surface area contributed by atoms with E-state index in [0.717, 1.165) is 0 Å². The maximum absolute atomic E-state index is 13.1. The third-order valence-corrected chi connectivity index (χ3v) is 3.64. The molecule has 1 aromatic carbocycles. The van der Waals surface area contributed by atoms with Crippen LogP contribution >= 0.6 is 22.9 Å². The molecule has 0 aliphatic carbocycles. The van der Waals surface area contributed by atoms with Crippen LogP contribution in [0.3, 0.4) is 0 Å². The van der Waals surface area contributed by atoms with Crippen LogP contribution in [0.15, 0.2) is 23.6 Å². The summed E-state index contributed by atoms with van der Waals surface area (Å²) in [6, 6.07) is 3.99. The molecule has 2 rings (SSSR count). The first-order chi connectivity index (χ1) is 9.04. The Bertz CT molecular complexity index is 627. The van der Waals surface area contributed by atoms with Crippen LogP contribution < -0.4 is 5.73 Å². The van der Waals surface area contributed by atoms with Gasteiger partial charge in [0.2, 0.25) is 0 Å². The molecule has 0 atom stereocenters. The number of hydrogen-bond acceptors (Lipinski definition) is 4. The highest BCUT2D eigenvalue weighted by molar-refractivity contribution is 7.15. The predicted molar refractivity (Wildman–Crippen MR) is 75.1 cm³/mol. The molecule has 2 N–H and O–H groups in total. The molecule has 0 aliphatic rings. The molecule has 1 aromatic heterocycles. The second kappa shape index (κ2) is 5.59. The molecule has 2 aromatic rings. The summed E-state index contributed by atoms with van der Waals surface area (Å²) in [6.45, 7) is 1.97. The molecule has 0 amide bonds. The van der Waals surface area contributed by atoms with Crippen molar-refractivity contribution in [2.75, 3.05) is 12.3 Å². The van der Waals surface area contributed by atoms with Gasteiger partial charge in [0.05, 0.1) is 11.6 Å². The van der Waals surface area contributed by atoms with Crippen LogP contribution in [0.2, 0.25) is 5.02 Å². The SMILES string of the molecule is CCOC(=O)c1c(-c2ccc(F)cc2Cl)csc1N. The minimum absolute atomic E-state index is 0.225. The highest BCUT2D eigenvalue weighted by Gasteiger charge is 2.21. The lowest BCUT2D eigenvalue weighted by atomic mass is 10.0. The third kappa shape index (κ3) is 2.72. The molecule has 100 valence electrons. The van der Waals surface area contributed by atoms with Crippen molar-refractivity contribution in [2.45, 2.75) is 6.92 Å². The Morgan fingerprint density at radius 2 is 2.21 bits per heavy atom. The number of hydrogen-bond donors (Lipinski definition) is 1. The van der Waals surface area contributed by atoms with Crippen molar-refractivity contribution in [3.63, 3.8) is 0 Å². The number of carbonyl (C=O) groups excluding carboxylic acids is 1. The Kier molecular flexibility index (Phi) is 4.07. The second-order valence-corrected chi connectivity index (χ2v) is 5.05. The number of nitrogen functional groups attached to an aromatic ring is 1. The summed E-state index contributed by atoms with van der Waals surface area (Å²) < 4.78 is 18.0. The Hall–Kier alpha value is -1.59. The van der Waals surface area contributed by atoms with Gasteiger partial charge in [-0.05, 0) is 25.1 Å². The van der Waals surface area contributed by atoms with Crippen molar-refractivity contribution >= 4 is 33.9 Å². The number of anilines is 1. The fraction of sp³-hybridized carbons (Fsp3) is 0.154. The van der Waals surface area contributed by atoms with Crippen molar-refractivity contribution in [3.05, 3.63) is 40.0 Å². The standard InChI is InChI=1S/C13H11ClFNO2S/c1-2-18-13(17)11-9(6-19-12(11)16)8-4-3-7(15)5-10(8)14/h3-6H,2,16H2,1H3. The van der Waals surface area contributed by atoms with Gasteiger partial charge < -0.3 is 10.5 Å². The van der Waals surface area contributed by atoms with Gasteiger partial charge in [0.15, 0.2) is 0 Å². The molecular weight excluding hydrogens is 289 g/mol. The summed E-state index contributed by atoms with van der Waals surface area (Å²) >= 11 is 7.22. The van der Waals surface area contributed by atoms with E-state index in [1.165, 1.54) is 29.5 Å². The molecule has 0 aliphatic heterocycles. The summed E-state index contributed by atoms with van der Waals surface area (Å²) in [5.41, 5.74) is 7.18. The van der Waals surface area contributed by atoms with Crippen LogP contribution in [0.5, 0.6) is 0 Å². The first kappa shape index (κ1) is 13.8. The van der Waals surface area contributed by atoms with E-state index < -0.39 is 11.8 Å². The van der Waals surface area contributed by atoms with Gasteiger partial charge in [0.1, 0.15) is 16.4 Å². The summed E-state index contributed by atoms with van der Waals surface area (Å²) in [4.78, 5) is 11.9. The molecule has 1 heterocycles. The van der Waals surface area contributed by atoms with Crippen LogP contribution in [-0.2, 0) is 4.74 Å². The lowest BCUT2D eigenvalue weighted by Gasteiger charge is -2.07. The molecule has 0 unspecified atom stereocenters. The van der Waals surface area contributed by atoms with Crippen molar-refractivity contribution in [3.8, 4) is 11.1 Å². The van der Waals surface area contributed by atoms with E-state index in [-0.39, 0.29) is 17.2 Å². The summed E-state index contributed by atoms with van der Waals surface area (Å²) in [6.07, 6.45) is 0. The van der Waals surface area contributed by atoms with E-state index in [0.29, 0.717) is 16.1 Å². The highest BCUT2D eigenvalue weighted by Crippen LogP contribution is 2.37. The maximum atomic E-state index is 13.1. The molecule has 0 spiro atoms. The van der Waals surface area contributed by atoms with Crippen molar-refractivity contribution in [2.24, 2.45) is 0 Å². The van der Waals surface area contributed by atoms with E-state index in [1.807, 2.05) is 0 Å². The quantitative estimate of drug-likeness (QED) is 0.873. The van der Waals surface area contributed by atoms with Gasteiger partial charge in [-0.15, -0.1) is 11.3 Å². The maximum Gasteiger partial charge on any atom is 0.341 e. The van der Waals surface area contributed by atoms with Gasteiger partial charge in [-0.1, -0.05) is 11.6 Å². The first-order valence-corrected chi connectivity index (χ1v) is 6.79. The number of benzene rings is 1. The van der Waals surface area contributed by atoms with Gasteiger partial charge in [-0.3, -0.25) is 0 Å². The van der Waals surface area contributed by atoms with Crippen LogP contribution in [0.1, 0.15) is 17.3 Å². The van der Waals surface area contributed by atoms with Gasteiger partial charge in [-0.25, -0.2) is 9.18 Å². The Morgan fingerprint density at radius 1 is 1.47 bits per heavy atom. The largest absolute Gasteiger partial charge is 0.462 e. The minimum Gasteiger partial charge on any atom is -0.462 e. The van der Waals surface area contributed by atoms with E-state index in [9.17, 15) is 9.18 Å².